The minimum absolute atomic E-state index is 0.0560. The molecule has 1 saturated heterocycles. The number of likely N-dealkylation sites (tertiary alicyclic amines) is 1. The number of nitrogens with zero attached hydrogens (tertiary/aromatic N) is 2. The van der Waals surface area contributed by atoms with E-state index in [0.29, 0.717) is 36.3 Å². The van der Waals surface area contributed by atoms with Crippen LogP contribution in [0.3, 0.4) is 0 Å². The SMILES string of the molecule is O=C(NCCc1nc2ccccc2[nH]1)c1ccc(CC2CCN(C(=O)C3CC3)CC2)cc1. The van der Waals surface area contributed by atoms with Crippen LogP contribution < -0.4 is 5.32 Å². The number of fused-ring (bicyclic) bond motifs is 1. The van der Waals surface area contributed by atoms with Crippen molar-refractivity contribution in [1.82, 2.24) is 20.2 Å². The molecule has 166 valence electrons. The van der Waals surface area contributed by atoms with E-state index in [9.17, 15) is 9.59 Å². The van der Waals surface area contributed by atoms with Gasteiger partial charge in [-0.2, -0.15) is 0 Å². The fraction of sp³-hybridized carbons (Fsp3) is 0.423. The van der Waals surface area contributed by atoms with Gasteiger partial charge in [0.1, 0.15) is 5.82 Å². The van der Waals surface area contributed by atoms with Gasteiger partial charge in [0, 0.05) is 37.5 Å². The average Bonchev–Trinajstić information content (AvgIpc) is 3.59. The van der Waals surface area contributed by atoms with Gasteiger partial charge in [0.15, 0.2) is 0 Å². The van der Waals surface area contributed by atoms with Crippen molar-refractivity contribution in [3.63, 3.8) is 0 Å². The van der Waals surface area contributed by atoms with Crippen LogP contribution in [0.15, 0.2) is 48.5 Å². The lowest BCUT2D eigenvalue weighted by molar-refractivity contribution is -0.133. The Labute approximate surface area is 188 Å². The summed E-state index contributed by atoms with van der Waals surface area (Å²) >= 11 is 0. The highest BCUT2D eigenvalue weighted by Gasteiger charge is 2.34. The van der Waals surface area contributed by atoms with Gasteiger partial charge in [0.25, 0.3) is 5.91 Å². The number of piperidine rings is 1. The first-order valence-electron chi connectivity index (χ1n) is 11.8. The van der Waals surface area contributed by atoms with Crippen molar-refractivity contribution < 1.29 is 9.59 Å². The lowest BCUT2D eigenvalue weighted by Crippen LogP contribution is -2.39. The molecule has 1 saturated carbocycles. The van der Waals surface area contributed by atoms with Crippen molar-refractivity contribution in [2.75, 3.05) is 19.6 Å². The minimum Gasteiger partial charge on any atom is -0.352 e. The van der Waals surface area contributed by atoms with Gasteiger partial charge in [0.05, 0.1) is 11.0 Å². The van der Waals surface area contributed by atoms with E-state index in [1.807, 2.05) is 36.4 Å². The van der Waals surface area contributed by atoms with Crippen molar-refractivity contribution in [3.8, 4) is 0 Å². The molecule has 6 nitrogen and oxygen atoms in total. The molecular formula is C26H30N4O2. The van der Waals surface area contributed by atoms with Crippen molar-refractivity contribution >= 4 is 22.8 Å². The molecule has 2 N–H and O–H groups in total. The van der Waals surface area contributed by atoms with Crippen LogP contribution in [0.2, 0.25) is 0 Å². The van der Waals surface area contributed by atoms with Crippen molar-refractivity contribution in [3.05, 3.63) is 65.5 Å². The molecule has 1 aliphatic carbocycles. The van der Waals surface area contributed by atoms with Gasteiger partial charge in [-0.25, -0.2) is 4.98 Å². The number of carbonyl (C=O) groups is 2. The van der Waals surface area contributed by atoms with Gasteiger partial charge in [0.2, 0.25) is 5.91 Å². The van der Waals surface area contributed by atoms with Gasteiger partial charge < -0.3 is 15.2 Å². The molecule has 0 spiro atoms. The number of rotatable bonds is 7. The molecule has 6 heteroatoms. The van der Waals surface area contributed by atoms with E-state index in [1.54, 1.807) is 0 Å². The van der Waals surface area contributed by atoms with Crippen molar-refractivity contribution in [1.29, 1.82) is 0 Å². The normalized spacial score (nSPS) is 16.9. The number of carbonyl (C=O) groups excluding carboxylic acids is 2. The Morgan fingerprint density at radius 3 is 2.47 bits per heavy atom. The predicted molar refractivity (Wildman–Crippen MR) is 124 cm³/mol. The molecule has 2 amide bonds. The maximum atomic E-state index is 12.5. The molecule has 2 aromatic carbocycles. The number of amides is 2. The van der Waals surface area contributed by atoms with Gasteiger partial charge in [-0.15, -0.1) is 0 Å². The van der Waals surface area contributed by atoms with Crippen LogP contribution in [0.25, 0.3) is 11.0 Å². The summed E-state index contributed by atoms with van der Waals surface area (Å²) in [7, 11) is 0. The van der Waals surface area contributed by atoms with E-state index in [2.05, 4.69) is 32.3 Å². The zero-order valence-electron chi connectivity index (χ0n) is 18.3. The average molecular weight is 431 g/mol. The quantitative estimate of drug-likeness (QED) is 0.600. The van der Waals surface area contributed by atoms with Gasteiger partial charge in [-0.3, -0.25) is 9.59 Å². The predicted octanol–water partition coefficient (Wildman–Crippen LogP) is 3.73. The van der Waals surface area contributed by atoms with E-state index in [4.69, 9.17) is 0 Å². The van der Waals surface area contributed by atoms with Crippen molar-refractivity contribution in [2.45, 2.75) is 38.5 Å². The summed E-state index contributed by atoms with van der Waals surface area (Å²) in [5.74, 6) is 2.14. The fourth-order valence-electron chi connectivity index (χ4n) is 4.59. The molecule has 0 radical (unpaired) electrons. The Morgan fingerprint density at radius 1 is 1.00 bits per heavy atom. The summed E-state index contributed by atoms with van der Waals surface area (Å²) < 4.78 is 0. The van der Waals surface area contributed by atoms with Crippen LogP contribution in [0, 0.1) is 11.8 Å². The number of para-hydroxylation sites is 2. The zero-order valence-corrected chi connectivity index (χ0v) is 18.3. The van der Waals surface area contributed by atoms with E-state index >= 15 is 0 Å². The highest BCUT2D eigenvalue weighted by atomic mass is 16.2. The molecule has 1 aliphatic heterocycles. The second kappa shape index (κ2) is 9.15. The fourth-order valence-corrected chi connectivity index (χ4v) is 4.59. The highest BCUT2D eigenvalue weighted by Crippen LogP contribution is 2.33. The molecule has 3 aromatic rings. The zero-order chi connectivity index (χ0) is 21.9. The molecule has 5 rings (SSSR count). The monoisotopic (exact) mass is 430 g/mol. The molecule has 2 fully saturated rings. The van der Waals surface area contributed by atoms with Gasteiger partial charge >= 0.3 is 0 Å². The number of H-pyrrole nitrogens is 1. The summed E-state index contributed by atoms with van der Waals surface area (Å²) in [6, 6.07) is 15.9. The topological polar surface area (TPSA) is 78.1 Å². The van der Waals surface area contributed by atoms with E-state index in [-0.39, 0.29) is 5.91 Å². The van der Waals surface area contributed by atoms with Gasteiger partial charge in [-0.05, 0) is 67.9 Å². The Bertz CT molecular complexity index is 1060. The maximum Gasteiger partial charge on any atom is 0.251 e. The first-order valence-corrected chi connectivity index (χ1v) is 11.8. The Kier molecular flexibility index (Phi) is 5.93. The maximum absolute atomic E-state index is 12.5. The number of aromatic nitrogens is 2. The molecule has 0 atom stereocenters. The van der Waals surface area contributed by atoms with Crippen LogP contribution in [0.4, 0.5) is 0 Å². The molecular weight excluding hydrogens is 400 g/mol. The van der Waals surface area contributed by atoms with Crippen molar-refractivity contribution in [2.24, 2.45) is 11.8 Å². The van der Waals surface area contributed by atoms with Crippen LogP contribution in [-0.4, -0.2) is 46.3 Å². The lowest BCUT2D eigenvalue weighted by Gasteiger charge is -2.32. The highest BCUT2D eigenvalue weighted by molar-refractivity contribution is 5.94. The summed E-state index contributed by atoms with van der Waals surface area (Å²) in [4.78, 5) is 34.6. The van der Waals surface area contributed by atoms with E-state index in [0.717, 1.165) is 62.1 Å². The van der Waals surface area contributed by atoms with Crippen LogP contribution in [0.5, 0.6) is 0 Å². The van der Waals surface area contributed by atoms with E-state index in [1.165, 1.54) is 5.56 Å². The number of hydrogen-bond acceptors (Lipinski definition) is 3. The van der Waals surface area contributed by atoms with Gasteiger partial charge in [-0.1, -0.05) is 24.3 Å². The number of hydrogen-bond donors (Lipinski definition) is 2. The number of nitrogens with one attached hydrogen (secondary N) is 2. The Balaban J connectivity index is 1.07. The van der Waals surface area contributed by atoms with Crippen LogP contribution in [0.1, 0.15) is 47.4 Å². The first kappa shape index (κ1) is 20.7. The Morgan fingerprint density at radius 2 is 1.75 bits per heavy atom. The third-order valence-electron chi connectivity index (χ3n) is 6.68. The van der Waals surface area contributed by atoms with Crippen LogP contribution >= 0.6 is 0 Å². The summed E-state index contributed by atoms with van der Waals surface area (Å²) in [6.07, 6.45) is 5.99. The lowest BCUT2D eigenvalue weighted by atomic mass is 9.89. The molecule has 1 aromatic heterocycles. The largest absolute Gasteiger partial charge is 0.352 e. The summed E-state index contributed by atoms with van der Waals surface area (Å²) in [5.41, 5.74) is 3.91. The minimum atomic E-state index is -0.0560. The smallest absolute Gasteiger partial charge is 0.251 e. The second-order valence-electron chi connectivity index (χ2n) is 9.15. The van der Waals surface area contributed by atoms with E-state index < -0.39 is 0 Å². The molecule has 2 aliphatic rings. The molecule has 0 unspecified atom stereocenters. The molecule has 0 bridgehead atoms. The third-order valence-corrected chi connectivity index (χ3v) is 6.68. The third kappa shape index (κ3) is 4.85. The number of benzene rings is 2. The summed E-state index contributed by atoms with van der Waals surface area (Å²) in [5, 5.41) is 2.99. The first-order chi connectivity index (χ1) is 15.7. The standard InChI is InChI=1S/C26H30N4O2/c31-25(27-14-11-24-28-22-3-1-2-4-23(22)29-24)20-7-5-18(6-8-20)17-19-12-15-30(16-13-19)26(32)21-9-10-21/h1-8,19,21H,9-17H2,(H,27,31)(H,28,29). The molecule has 32 heavy (non-hydrogen) atoms. The summed E-state index contributed by atoms with van der Waals surface area (Å²) in [6.45, 7) is 2.33. The number of imidazole rings is 1. The number of aromatic amines is 1. The molecule has 2 heterocycles. The van der Waals surface area contributed by atoms with Crippen LogP contribution in [-0.2, 0) is 17.6 Å². The Hall–Kier alpha value is -3.15. The second-order valence-corrected chi connectivity index (χ2v) is 9.15.